The van der Waals surface area contributed by atoms with Gasteiger partial charge in [-0.3, -0.25) is 0 Å². The SMILES string of the molecule is CCOc1cc(N2CCC(C)CC2CN)nc(C)n1. The van der Waals surface area contributed by atoms with Crippen LogP contribution >= 0.6 is 0 Å². The number of hydrogen-bond donors (Lipinski definition) is 1. The van der Waals surface area contributed by atoms with Gasteiger partial charge >= 0.3 is 0 Å². The fourth-order valence-electron chi connectivity index (χ4n) is 2.67. The molecular formula is C14H24N4O. The molecule has 0 bridgehead atoms. The van der Waals surface area contributed by atoms with Crippen LogP contribution in [0.25, 0.3) is 0 Å². The zero-order chi connectivity index (χ0) is 13.8. The largest absolute Gasteiger partial charge is 0.478 e. The summed E-state index contributed by atoms with van der Waals surface area (Å²) in [6, 6.07) is 2.29. The van der Waals surface area contributed by atoms with Crippen molar-refractivity contribution >= 4 is 5.82 Å². The second kappa shape index (κ2) is 6.19. The summed E-state index contributed by atoms with van der Waals surface area (Å²) in [5.74, 6) is 3.08. The number of ether oxygens (including phenoxy) is 1. The molecule has 0 aliphatic carbocycles. The average Bonchev–Trinajstić information content (AvgIpc) is 2.38. The molecule has 0 radical (unpaired) electrons. The first-order valence-electron chi connectivity index (χ1n) is 7.09. The molecule has 19 heavy (non-hydrogen) atoms. The van der Waals surface area contributed by atoms with E-state index < -0.39 is 0 Å². The molecule has 2 N–H and O–H groups in total. The summed E-state index contributed by atoms with van der Waals surface area (Å²) in [6.07, 6.45) is 2.31. The van der Waals surface area contributed by atoms with Crippen LogP contribution in [-0.2, 0) is 0 Å². The van der Waals surface area contributed by atoms with Gasteiger partial charge in [-0.15, -0.1) is 0 Å². The minimum absolute atomic E-state index is 0.368. The number of anilines is 1. The second-order valence-corrected chi connectivity index (χ2v) is 5.26. The Kier molecular flexibility index (Phi) is 4.58. The summed E-state index contributed by atoms with van der Waals surface area (Å²) >= 11 is 0. The lowest BCUT2D eigenvalue weighted by molar-refractivity contribution is 0.324. The number of hydrogen-bond acceptors (Lipinski definition) is 5. The molecule has 5 nitrogen and oxygen atoms in total. The van der Waals surface area contributed by atoms with E-state index in [1.54, 1.807) is 0 Å². The molecule has 1 aliphatic heterocycles. The first-order chi connectivity index (χ1) is 9.13. The maximum atomic E-state index is 5.91. The van der Waals surface area contributed by atoms with Crippen molar-refractivity contribution < 1.29 is 4.74 Å². The van der Waals surface area contributed by atoms with Crippen LogP contribution in [-0.4, -0.2) is 35.7 Å². The number of nitrogens with two attached hydrogens (primary N) is 1. The van der Waals surface area contributed by atoms with Crippen molar-refractivity contribution in [3.8, 4) is 5.88 Å². The van der Waals surface area contributed by atoms with Gasteiger partial charge in [0, 0.05) is 25.2 Å². The van der Waals surface area contributed by atoms with Crippen LogP contribution in [0.4, 0.5) is 5.82 Å². The number of aryl methyl sites for hydroxylation is 1. The second-order valence-electron chi connectivity index (χ2n) is 5.26. The Morgan fingerprint density at radius 3 is 2.95 bits per heavy atom. The normalized spacial score (nSPS) is 23.5. The van der Waals surface area contributed by atoms with Crippen molar-refractivity contribution in [2.45, 2.75) is 39.7 Å². The van der Waals surface area contributed by atoms with Crippen LogP contribution in [0.1, 0.15) is 32.5 Å². The van der Waals surface area contributed by atoms with Crippen molar-refractivity contribution in [2.24, 2.45) is 11.7 Å². The zero-order valence-corrected chi connectivity index (χ0v) is 12.1. The fourth-order valence-corrected chi connectivity index (χ4v) is 2.67. The molecule has 0 saturated carbocycles. The van der Waals surface area contributed by atoms with Gasteiger partial charge in [-0.1, -0.05) is 6.92 Å². The summed E-state index contributed by atoms with van der Waals surface area (Å²) in [4.78, 5) is 11.1. The molecule has 1 aromatic heterocycles. The maximum absolute atomic E-state index is 5.91. The van der Waals surface area contributed by atoms with Gasteiger partial charge < -0.3 is 15.4 Å². The summed E-state index contributed by atoms with van der Waals surface area (Å²) in [5.41, 5.74) is 5.91. The van der Waals surface area contributed by atoms with Crippen molar-refractivity contribution in [3.05, 3.63) is 11.9 Å². The van der Waals surface area contributed by atoms with Gasteiger partial charge in [0.25, 0.3) is 0 Å². The predicted octanol–water partition coefficient (Wildman–Crippen LogP) is 1.75. The van der Waals surface area contributed by atoms with Crippen molar-refractivity contribution in [3.63, 3.8) is 0 Å². The Labute approximate surface area is 115 Å². The quantitative estimate of drug-likeness (QED) is 0.897. The smallest absolute Gasteiger partial charge is 0.218 e. The third kappa shape index (κ3) is 3.35. The lowest BCUT2D eigenvalue weighted by Crippen LogP contribution is -2.46. The standard InChI is InChI=1S/C14H24N4O/c1-4-19-14-8-13(16-11(3)17-14)18-6-5-10(2)7-12(18)9-15/h8,10,12H,4-7,9,15H2,1-3H3. The molecule has 1 saturated heterocycles. The molecule has 1 fully saturated rings. The molecule has 106 valence electrons. The van der Waals surface area contributed by atoms with E-state index >= 15 is 0 Å². The van der Waals surface area contributed by atoms with Crippen molar-refractivity contribution in [2.75, 3.05) is 24.6 Å². The highest BCUT2D eigenvalue weighted by Crippen LogP contribution is 2.27. The summed E-state index contributed by atoms with van der Waals surface area (Å²) in [6.45, 7) is 8.44. The molecule has 2 atom stereocenters. The Morgan fingerprint density at radius 2 is 2.26 bits per heavy atom. The van der Waals surface area contributed by atoms with E-state index in [1.165, 1.54) is 6.42 Å². The number of aromatic nitrogens is 2. The summed E-state index contributed by atoms with van der Waals surface area (Å²) in [5, 5.41) is 0. The van der Waals surface area contributed by atoms with Gasteiger partial charge in [0.15, 0.2) is 0 Å². The molecule has 0 aromatic carbocycles. The van der Waals surface area contributed by atoms with E-state index in [1.807, 2.05) is 19.9 Å². The van der Waals surface area contributed by atoms with Crippen molar-refractivity contribution in [1.82, 2.24) is 9.97 Å². The lowest BCUT2D eigenvalue weighted by Gasteiger charge is -2.38. The fraction of sp³-hybridized carbons (Fsp3) is 0.714. The van der Waals surface area contributed by atoms with E-state index in [4.69, 9.17) is 10.5 Å². The van der Waals surface area contributed by atoms with E-state index in [2.05, 4.69) is 21.8 Å². The van der Waals surface area contributed by atoms with E-state index in [-0.39, 0.29) is 0 Å². The molecule has 0 spiro atoms. The van der Waals surface area contributed by atoms with E-state index in [0.717, 1.165) is 30.5 Å². The molecule has 1 aromatic rings. The topological polar surface area (TPSA) is 64.3 Å². The van der Waals surface area contributed by atoms with Crippen LogP contribution in [0.5, 0.6) is 5.88 Å². The zero-order valence-electron chi connectivity index (χ0n) is 12.1. The first kappa shape index (κ1) is 14.1. The Bertz CT molecular complexity index is 424. The van der Waals surface area contributed by atoms with Gasteiger partial charge in [-0.05, 0) is 32.6 Å². The Hall–Kier alpha value is -1.36. The van der Waals surface area contributed by atoms with E-state index in [9.17, 15) is 0 Å². The molecule has 0 amide bonds. The van der Waals surface area contributed by atoms with Gasteiger partial charge in [0.2, 0.25) is 5.88 Å². The summed E-state index contributed by atoms with van der Waals surface area (Å²) in [7, 11) is 0. The van der Waals surface area contributed by atoms with Crippen molar-refractivity contribution in [1.29, 1.82) is 0 Å². The van der Waals surface area contributed by atoms with Crippen LogP contribution in [0.3, 0.4) is 0 Å². The van der Waals surface area contributed by atoms with Crippen LogP contribution in [0, 0.1) is 12.8 Å². The molecule has 2 rings (SSSR count). The first-order valence-corrected chi connectivity index (χ1v) is 7.09. The van der Waals surface area contributed by atoms with Gasteiger partial charge in [-0.2, -0.15) is 4.98 Å². The molecule has 2 heterocycles. The molecule has 1 aliphatic rings. The highest BCUT2D eigenvalue weighted by atomic mass is 16.5. The predicted molar refractivity (Wildman–Crippen MR) is 76.5 cm³/mol. The number of piperidine rings is 1. The molecule has 2 unspecified atom stereocenters. The monoisotopic (exact) mass is 264 g/mol. The lowest BCUT2D eigenvalue weighted by atomic mass is 9.92. The highest BCUT2D eigenvalue weighted by molar-refractivity contribution is 5.43. The number of rotatable bonds is 4. The third-order valence-corrected chi connectivity index (χ3v) is 3.64. The minimum atomic E-state index is 0.368. The van der Waals surface area contributed by atoms with E-state index in [0.29, 0.717) is 25.1 Å². The number of nitrogens with zero attached hydrogens (tertiary/aromatic N) is 3. The minimum Gasteiger partial charge on any atom is -0.478 e. The Balaban J connectivity index is 2.24. The van der Waals surface area contributed by atoms with Gasteiger partial charge in [0.05, 0.1) is 6.61 Å². The average molecular weight is 264 g/mol. The van der Waals surface area contributed by atoms with Gasteiger partial charge in [-0.25, -0.2) is 4.98 Å². The highest BCUT2D eigenvalue weighted by Gasteiger charge is 2.26. The molecular weight excluding hydrogens is 240 g/mol. The van der Waals surface area contributed by atoms with Crippen LogP contribution in [0.15, 0.2) is 6.07 Å². The maximum Gasteiger partial charge on any atom is 0.218 e. The Morgan fingerprint density at radius 1 is 1.47 bits per heavy atom. The molecule has 5 heteroatoms. The van der Waals surface area contributed by atoms with Crippen LogP contribution < -0.4 is 15.4 Å². The summed E-state index contributed by atoms with van der Waals surface area (Å²) < 4.78 is 5.50. The van der Waals surface area contributed by atoms with Gasteiger partial charge in [0.1, 0.15) is 11.6 Å². The van der Waals surface area contributed by atoms with Crippen LogP contribution in [0.2, 0.25) is 0 Å². The third-order valence-electron chi connectivity index (χ3n) is 3.64.